The normalized spacial score (nSPS) is 10.9. The zero-order valence-corrected chi connectivity index (χ0v) is 16.4. The standard InChI is InChI=1S/C21H19N7O2/c1-12-5-3-4-6-16(12)28(21(23)30)14-7-13(8-24-9-14)18(29)15-10-27(2)20-17(15)19(22)25-11-26-20/h3-11H,1-2H3,(H2,23,30)(H2,22,25,26). The lowest BCUT2D eigenvalue weighted by Gasteiger charge is -2.22. The maximum Gasteiger partial charge on any atom is 0.323 e. The zero-order valence-electron chi connectivity index (χ0n) is 16.4. The van der Waals surface area contributed by atoms with Crippen LogP contribution in [0.3, 0.4) is 0 Å². The minimum absolute atomic E-state index is 0.215. The Balaban J connectivity index is 1.82. The molecule has 0 fully saturated rings. The fourth-order valence-electron chi connectivity index (χ4n) is 3.44. The smallest absolute Gasteiger partial charge is 0.323 e. The van der Waals surface area contributed by atoms with Gasteiger partial charge < -0.3 is 16.0 Å². The summed E-state index contributed by atoms with van der Waals surface area (Å²) in [5, 5.41) is 0.473. The molecule has 0 bridgehead atoms. The number of rotatable bonds is 4. The van der Waals surface area contributed by atoms with Crippen LogP contribution in [0.25, 0.3) is 11.0 Å². The Bertz CT molecular complexity index is 1300. The van der Waals surface area contributed by atoms with Gasteiger partial charge in [0, 0.05) is 25.0 Å². The van der Waals surface area contributed by atoms with Crippen molar-refractivity contribution in [2.24, 2.45) is 12.8 Å². The van der Waals surface area contributed by atoms with E-state index in [9.17, 15) is 9.59 Å². The van der Waals surface area contributed by atoms with E-state index in [1.54, 1.807) is 36.0 Å². The molecule has 2 amide bonds. The average molecular weight is 401 g/mol. The number of nitrogens with zero attached hydrogens (tertiary/aromatic N) is 5. The van der Waals surface area contributed by atoms with Crippen molar-refractivity contribution in [3.05, 3.63) is 71.9 Å². The minimum Gasteiger partial charge on any atom is -0.383 e. The molecule has 1 aromatic carbocycles. The van der Waals surface area contributed by atoms with Gasteiger partial charge in [-0.3, -0.25) is 14.7 Å². The number of para-hydroxylation sites is 1. The zero-order chi connectivity index (χ0) is 21.4. The van der Waals surface area contributed by atoms with Gasteiger partial charge in [-0.15, -0.1) is 0 Å². The summed E-state index contributed by atoms with van der Waals surface area (Å²) < 4.78 is 1.71. The van der Waals surface area contributed by atoms with Gasteiger partial charge in [0.2, 0.25) is 0 Å². The van der Waals surface area contributed by atoms with Crippen molar-refractivity contribution in [2.75, 3.05) is 10.6 Å². The second-order valence-corrected chi connectivity index (χ2v) is 6.83. The van der Waals surface area contributed by atoms with Crippen LogP contribution in [0.5, 0.6) is 0 Å². The van der Waals surface area contributed by atoms with Crippen LogP contribution < -0.4 is 16.4 Å². The fourth-order valence-corrected chi connectivity index (χ4v) is 3.44. The number of nitrogens with two attached hydrogens (primary N) is 2. The first-order valence-electron chi connectivity index (χ1n) is 9.09. The van der Waals surface area contributed by atoms with Crippen LogP contribution in [0.1, 0.15) is 21.5 Å². The van der Waals surface area contributed by atoms with Gasteiger partial charge in [-0.05, 0) is 24.6 Å². The third-order valence-electron chi connectivity index (χ3n) is 4.85. The number of carbonyl (C=O) groups is 2. The van der Waals surface area contributed by atoms with E-state index in [-0.39, 0.29) is 17.2 Å². The van der Waals surface area contributed by atoms with Crippen molar-refractivity contribution in [2.45, 2.75) is 6.92 Å². The molecule has 150 valence electrons. The summed E-state index contributed by atoms with van der Waals surface area (Å²) in [4.78, 5) is 39.2. The lowest BCUT2D eigenvalue weighted by Crippen LogP contribution is -2.32. The first kappa shape index (κ1) is 19.1. The molecular formula is C21H19N7O2. The number of hydrogen-bond donors (Lipinski definition) is 2. The summed E-state index contributed by atoms with van der Waals surface area (Å²) in [6.07, 6.45) is 5.91. The molecule has 3 aromatic heterocycles. The van der Waals surface area contributed by atoms with E-state index in [0.29, 0.717) is 28.0 Å². The van der Waals surface area contributed by atoms with Gasteiger partial charge >= 0.3 is 6.03 Å². The van der Waals surface area contributed by atoms with Crippen LogP contribution in [0.15, 0.2) is 55.2 Å². The molecule has 0 saturated heterocycles. The number of carbonyl (C=O) groups excluding carboxylic acids is 2. The largest absolute Gasteiger partial charge is 0.383 e. The third kappa shape index (κ3) is 3.12. The van der Waals surface area contributed by atoms with E-state index in [4.69, 9.17) is 11.5 Å². The molecule has 9 heteroatoms. The van der Waals surface area contributed by atoms with Crippen LogP contribution >= 0.6 is 0 Å². The Labute approximate surface area is 172 Å². The maximum absolute atomic E-state index is 13.3. The first-order valence-corrected chi connectivity index (χ1v) is 9.09. The number of aromatic nitrogens is 4. The van der Waals surface area contributed by atoms with Gasteiger partial charge in [0.25, 0.3) is 0 Å². The van der Waals surface area contributed by atoms with Gasteiger partial charge in [0.1, 0.15) is 17.8 Å². The lowest BCUT2D eigenvalue weighted by molar-refractivity contribution is 0.103. The Morgan fingerprint density at radius 2 is 1.90 bits per heavy atom. The number of anilines is 3. The molecule has 0 radical (unpaired) electrons. The Morgan fingerprint density at radius 1 is 1.13 bits per heavy atom. The highest BCUT2D eigenvalue weighted by Crippen LogP contribution is 2.30. The second kappa shape index (κ2) is 7.28. The molecule has 0 atom stereocenters. The number of benzene rings is 1. The van der Waals surface area contributed by atoms with E-state index in [1.165, 1.54) is 23.6 Å². The molecule has 0 aliphatic carbocycles. The number of nitrogen functional groups attached to an aromatic ring is 1. The number of pyridine rings is 1. The van der Waals surface area contributed by atoms with Gasteiger partial charge in [-0.25, -0.2) is 14.8 Å². The molecule has 0 saturated carbocycles. The van der Waals surface area contributed by atoms with Crippen molar-refractivity contribution in [1.82, 2.24) is 19.5 Å². The summed E-state index contributed by atoms with van der Waals surface area (Å²) in [6.45, 7) is 1.87. The summed E-state index contributed by atoms with van der Waals surface area (Å²) in [5.74, 6) is -0.0996. The van der Waals surface area contributed by atoms with E-state index in [2.05, 4.69) is 15.0 Å². The van der Waals surface area contributed by atoms with Crippen molar-refractivity contribution < 1.29 is 9.59 Å². The van der Waals surface area contributed by atoms with Crippen LogP contribution in [0.4, 0.5) is 22.0 Å². The highest BCUT2D eigenvalue weighted by atomic mass is 16.2. The van der Waals surface area contributed by atoms with Crippen LogP contribution in [-0.2, 0) is 7.05 Å². The molecule has 30 heavy (non-hydrogen) atoms. The monoisotopic (exact) mass is 401 g/mol. The molecule has 4 rings (SSSR count). The summed E-state index contributed by atoms with van der Waals surface area (Å²) in [6, 6.07) is 8.21. The number of ketones is 1. The third-order valence-corrected chi connectivity index (χ3v) is 4.85. The number of urea groups is 1. The topological polar surface area (TPSA) is 133 Å². The van der Waals surface area contributed by atoms with E-state index >= 15 is 0 Å². The van der Waals surface area contributed by atoms with Gasteiger partial charge in [0.05, 0.1) is 28.5 Å². The van der Waals surface area contributed by atoms with Crippen molar-refractivity contribution in [3.8, 4) is 0 Å². The molecule has 3 heterocycles. The highest BCUT2D eigenvalue weighted by Gasteiger charge is 2.22. The van der Waals surface area contributed by atoms with Crippen LogP contribution in [0, 0.1) is 6.92 Å². The van der Waals surface area contributed by atoms with Gasteiger partial charge in [-0.1, -0.05) is 18.2 Å². The maximum atomic E-state index is 13.3. The SMILES string of the molecule is Cc1ccccc1N(C(N)=O)c1cncc(C(=O)c2cn(C)c3ncnc(N)c23)c1. The van der Waals surface area contributed by atoms with Crippen LogP contribution in [-0.4, -0.2) is 31.3 Å². The van der Waals surface area contributed by atoms with E-state index < -0.39 is 6.03 Å². The Morgan fingerprint density at radius 3 is 2.63 bits per heavy atom. The number of fused-ring (bicyclic) bond motifs is 1. The van der Waals surface area contributed by atoms with Gasteiger partial charge in [0.15, 0.2) is 5.78 Å². The molecule has 9 nitrogen and oxygen atoms in total. The molecule has 4 N–H and O–H groups in total. The number of hydrogen-bond acceptors (Lipinski definition) is 6. The number of aryl methyl sites for hydroxylation is 2. The predicted octanol–water partition coefficient (Wildman–Crippen LogP) is 2.70. The fraction of sp³-hybridized carbons (Fsp3) is 0.0952. The molecular weight excluding hydrogens is 382 g/mol. The Kier molecular flexibility index (Phi) is 4.63. The molecule has 0 spiro atoms. The molecule has 0 aliphatic heterocycles. The van der Waals surface area contributed by atoms with Crippen molar-refractivity contribution in [1.29, 1.82) is 0 Å². The summed E-state index contributed by atoms with van der Waals surface area (Å²) in [5.41, 5.74) is 14.7. The molecule has 0 unspecified atom stereocenters. The Hall–Kier alpha value is -4.27. The quantitative estimate of drug-likeness (QED) is 0.505. The van der Waals surface area contributed by atoms with E-state index in [0.717, 1.165) is 5.56 Å². The lowest BCUT2D eigenvalue weighted by atomic mass is 10.0. The summed E-state index contributed by atoms with van der Waals surface area (Å²) in [7, 11) is 1.77. The second-order valence-electron chi connectivity index (χ2n) is 6.83. The minimum atomic E-state index is -0.682. The van der Waals surface area contributed by atoms with Crippen molar-refractivity contribution in [3.63, 3.8) is 0 Å². The number of primary amides is 1. The first-order chi connectivity index (χ1) is 14.4. The van der Waals surface area contributed by atoms with Gasteiger partial charge in [-0.2, -0.15) is 0 Å². The molecule has 0 aliphatic rings. The van der Waals surface area contributed by atoms with Crippen molar-refractivity contribution >= 4 is 40.0 Å². The summed E-state index contributed by atoms with van der Waals surface area (Å²) >= 11 is 0. The average Bonchev–Trinajstić information content (AvgIpc) is 3.07. The molecule has 4 aromatic rings. The highest BCUT2D eigenvalue weighted by molar-refractivity contribution is 6.18. The number of amides is 2. The van der Waals surface area contributed by atoms with Crippen LogP contribution in [0.2, 0.25) is 0 Å². The predicted molar refractivity (Wildman–Crippen MR) is 113 cm³/mol. The van der Waals surface area contributed by atoms with E-state index in [1.807, 2.05) is 19.1 Å².